The van der Waals surface area contributed by atoms with Gasteiger partial charge in [-0.15, -0.1) is 11.6 Å². The van der Waals surface area contributed by atoms with Crippen LogP contribution in [0.5, 0.6) is 0 Å². The fourth-order valence-corrected chi connectivity index (χ4v) is 2.20. The maximum Gasteiger partial charge on any atom is 0.237 e. The van der Waals surface area contributed by atoms with Crippen molar-refractivity contribution in [3.63, 3.8) is 0 Å². The summed E-state index contributed by atoms with van der Waals surface area (Å²) in [5, 5.41) is 2.59. The molecule has 82 valence electrons. The fourth-order valence-electron chi connectivity index (χ4n) is 2.14. The molecule has 3 heteroatoms. The highest BCUT2D eigenvalue weighted by molar-refractivity contribution is 6.30. The number of carbonyl (C=O) groups excluding carboxylic acids is 1. The molecule has 1 aliphatic rings. The maximum atomic E-state index is 11.4. The number of hydrogen-bond acceptors (Lipinski definition) is 1. The lowest BCUT2D eigenvalue weighted by Crippen LogP contribution is -2.43. The van der Waals surface area contributed by atoms with Crippen molar-refractivity contribution in [2.45, 2.75) is 57.9 Å². The number of amides is 1. The van der Waals surface area contributed by atoms with Gasteiger partial charge >= 0.3 is 0 Å². The molecule has 0 aromatic rings. The molecule has 0 heterocycles. The zero-order valence-electron chi connectivity index (χ0n) is 9.27. The van der Waals surface area contributed by atoms with Crippen LogP contribution in [0, 0.1) is 5.41 Å². The highest BCUT2D eigenvalue weighted by Gasteiger charge is 2.29. The van der Waals surface area contributed by atoms with Gasteiger partial charge in [-0.1, -0.05) is 20.3 Å². The Kier molecular flexibility index (Phi) is 3.82. The molecule has 2 unspecified atom stereocenters. The monoisotopic (exact) mass is 217 g/mol. The van der Waals surface area contributed by atoms with Crippen LogP contribution in [-0.2, 0) is 4.79 Å². The number of alkyl halides is 1. The zero-order valence-corrected chi connectivity index (χ0v) is 10.0. The summed E-state index contributed by atoms with van der Waals surface area (Å²) in [6, 6.07) is 0.326. The van der Waals surface area contributed by atoms with Crippen LogP contribution in [0.4, 0.5) is 0 Å². The number of carbonyl (C=O) groups is 1. The van der Waals surface area contributed by atoms with Gasteiger partial charge in [0.1, 0.15) is 5.38 Å². The standard InChI is InChI=1S/C11H20ClNO/c1-8(12)10(14)13-9-5-4-6-11(2,3)7-9/h8-9H,4-7H2,1-3H3,(H,13,14). The van der Waals surface area contributed by atoms with Crippen LogP contribution in [-0.4, -0.2) is 17.3 Å². The lowest BCUT2D eigenvalue weighted by atomic mass is 9.75. The van der Waals surface area contributed by atoms with Crippen molar-refractivity contribution in [2.24, 2.45) is 5.41 Å². The van der Waals surface area contributed by atoms with E-state index in [4.69, 9.17) is 11.6 Å². The highest BCUT2D eigenvalue weighted by atomic mass is 35.5. The average molecular weight is 218 g/mol. The number of rotatable bonds is 2. The molecular weight excluding hydrogens is 198 g/mol. The third-order valence-corrected chi connectivity index (χ3v) is 3.11. The van der Waals surface area contributed by atoms with Crippen LogP contribution >= 0.6 is 11.6 Å². The molecule has 1 fully saturated rings. The van der Waals surface area contributed by atoms with Crippen molar-refractivity contribution >= 4 is 17.5 Å². The number of nitrogens with one attached hydrogen (secondary N) is 1. The van der Waals surface area contributed by atoms with Gasteiger partial charge in [0.2, 0.25) is 5.91 Å². The van der Waals surface area contributed by atoms with E-state index < -0.39 is 5.38 Å². The van der Waals surface area contributed by atoms with Gasteiger partial charge in [-0.05, 0) is 31.6 Å². The molecule has 0 radical (unpaired) electrons. The van der Waals surface area contributed by atoms with Gasteiger partial charge < -0.3 is 5.32 Å². The molecule has 1 amide bonds. The summed E-state index contributed by atoms with van der Waals surface area (Å²) >= 11 is 5.71. The second kappa shape index (κ2) is 4.52. The summed E-state index contributed by atoms with van der Waals surface area (Å²) in [5.74, 6) is -0.0330. The number of halogens is 1. The van der Waals surface area contributed by atoms with Crippen molar-refractivity contribution < 1.29 is 4.79 Å². The van der Waals surface area contributed by atoms with Crippen LogP contribution in [0.2, 0.25) is 0 Å². The van der Waals surface area contributed by atoms with E-state index in [1.807, 2.05) is 0 Å². The third kappa shape index (κ3) is 3.49. The first-order chi connectivity index (χ1) is 6.41. The summed E-state index contributed by atoms with van der Waals surface area (Å²) in [4.78, 5) is 11.4. The Bertz CT molecular complexity index is 213. The lowest BCUT2D eigenvalue weighted by Gasteiger charge is -2.35. The topological polar surface area (TPSA) is 29.1 Å². The van der Waals surface area contributed by atoms with Crippen LogP contribution in [0.3, 0.4) is 0 Å². The zero-order chi connectivity index (χ0) is 10.8. The summed E-state index contributed by atoms with van der Waals surface area (Å²) in [6.07, 6.45) is 4.63. The molecule has 1 N–H and O–H groups in total. The summed E-state index contributed by atoms with van der Waals surface area (Å²) in [7, 11) is 0. The van der Waals surface area contributed by atoms with E-state index in [-0.39, 0.29) is 5.91 Å². The van der Waals surface area contributed by atoms with Crippen molar-refractivity contribution in [3.05, 3.63) is 0 Å². The SMILES string of the molecule is CC(Cl)C(=O)NC1CCCC(C)(C)C1. The van der Waals surface area contributed by atoms with E-state index in [1.54, 1.807) is 6.92 Å². The fraction of sp³-hybridized carbons (Fsp3) is 0.909. The second-order valence-electron chi connectivity index (χ2n) is 5.08. The molecular formula is C11H20ClNO. The van der Waals surface area contributed by atoms with E-state index in [0.29, 0.717) is 11.5 Å². The van der Waals surface area contributed by atoms with Crippen LogP contribution in [0.1, 0.15) is 46.5 Å². The van der Waals surface area contributed by atoms with Crippen molar-refractivity contribution in [1.29, 1.82) is 0 Å². The molecule has 1 rings (SSSR count). The van der Waals surface area contributed by atoms with Gasteiger partial charge in [0, 0.05) is 6.04 Å². The Morgan fingerprint density at radius 1 is 1.57 bits per heavy atom. The first-order valence-electron chi connectivity index (χ1n) is 5.35. The van der Waals surface area contributed by atoms with Gasteiger partial charge in [0.25, 0.3) is 0 Å². The highest BCUT2D eigenvalue weighted by Crippen LogP contribution is 2.35. The van der Waals surface area contributed by atoms with Gasteiger partial charge in [-0.25, -0.2) is 0 Å². The van der Waals surface area contributed by atoms with E-state index in [2.05, 4.69) is 19.2 Å². The third-order valence-electron chi connectivity index (χ3n) is 2.91. The summed E-state index contributed by atoms with van der Waals surface area (Å²) in [5.41, 5.74) is 0.367. The van der Waals surface area contributed by atoms with Gasteiger partial charge in [0.05, 0.1) is 0 Å². The predicted octanol–water partition coefficient (Wildman–Crippen LogP) is 2.70. The minimum atomic E-state index is -0.417. The lowest BCUT2D eigenvalue weighted by molar-refractivity contribution is -0.121. The van der Waals surface area contributed by atoms with Crippen LogP contribution in [0.15, 0.2) is 0 Å². The molecule has 0 bridgehead atoms. The van der Waals surface area contributed by atoms with Crippen LogP contribution in [0.25, 0.3) is 0 Å². The molecule has 14 heavy (non-hydrogen) atoms. The quantitative estimate of drug-likeness (QED) is 0.709. The van der Waals surface area contributed by atoms with Crippen molar-refractivity contribution in [3.8, 4) is 0 Å². The minimum Gasteiger partial charge on any atom is -0.352 e. The maximum absolute atomic E-state index is 11.4. The first-order valence-corrected chi connectivity index (χ1v) is 5.79. The Labute approximate surface area is 91.4 Å². The molecule has 0 spiro atoms. The molecule has 0 aliphatic heterocycles. The average Bonchev–Trinajstić information content (AvgIpc) is 2.01. The van der Waals surface area contributed by atoms with Gasteiger partial charge in [0.15, 0.2) is 0 Å². The smallest absolute Gasteiger partial charge is 0.237 e. The first kappa shape index (κ1) is 11.8. The Balaban J connectivity index is 2.42. The Morgan fingerprint density at radius 3 is 2.71 bits per heavy atom. The second-order valence-corrected chi connectivity index (χ2v) is 5.74. The molecule has 0 saturated heterocycles. The van der Waals surface area contributed by atoms with Crippen LogP contribution < -0.4 is 5.32 Å². The molecule has 1 aliphatic carbocycles. The Hall–Kier alpha value is -0.240. The number of hydrogen-bond donors (Lipinski definition) is 1. The molecule has 0 aromatic heterocycles. The normalized spacial score (nSPS) is 28.1. The molecule has 2 nitrogen and oxygen atoms in total. The summed E-state index contributed by atoms with van der Waals surface area (Å²) < 4.78 is 0. The van der Waals surface area contributed by atoms with E-state index in [0.717, 1.165) is 12.8 Å². The Morgan fingerprint density at radius 2 is 2.21 bits per heavy atom. The van der Waals surface area contributed by atoms with E-state index >= 15 is 0 Å². The van der Waals surface area contributed by atoms with Crippen molar-refractivity contribution in [1.82, 2.24) is 5.32 Å². The predicted molar refractivity (Wildman–Crippen MR) is 59.5 cm³/mol. The van der Waals surface area contributed by atoms with E-state index in [9.17, 15) is 4.79 Å². The molecule has 0 aromatic carbocycles. The minimum absolute atomic E-state index is 0.0330. The van der Waals surface area contributed by atoms with Crippen molar-refractivity contribution in [2.75, 3.05) is 0 Å². The van der Waals surface area contributed by atoms with Gasteiger partial charge in [-0.3, -0.25) is 4.79 Å². The largest absolute Gasteiger partial charge is 0.352 e. The molecule has 2 atom stereocenters. The van der Waals surface area contributed by atoms with E-state index in [1.165, 1.54) is 12.8 Å². The molecule has 1 saturated carbocycles. The van der Waals surface area contributed by atoms with Gasteiger partial charge in [-0.2, -0.15) is 0 Å². The summed E-state index contributed by atoms with van der Waals surface area (Å²) in [6.45, 7) is 6.23.